The third-order valence-corrected chi connectivity index (χ3v) is 5.74. The Hall–Kier alpha value is -4.21. The molecule has 0 fully saturated rings. The summed E-state index contributed by atoms with van der Waals surface area (Å²) >= 11 is 0. The zero-order chi connectivity index (χ0) is 26.8. The van der Waals surface area contributed by atoms with Crippen molar-refractivity contribution in [3.8, 4) is 11.5 Å². The molecule has 0 radical (unpaired) electrons. The number of amides is 2. The predicted octanol–water partition coefficient (Wildman–Crippen LogP) is 3.73. The van der Waals surface area contributed by atoms with Crippen LogP contribution in [0.3, 0.4) is 0 Å². The van der Waals surface area contributed by atoms with Crippen LogP contribution < -0.4 is 25.4 Å². The van der Waals surface area contributed by atoms with Gasteiger partial charge in [0.25, 0.3) is 5.91 Å². The number of ether oxygens (including phenoxy) is 2. The highest BCUT2D eigenvalue weighted by Crippen LogP contribution is 2.32. The minimum Gasteiger partial charge on any atom is -0.496 e. The molecule has 196 valence electrons. The minimum atomic E-state index is -0.937. The van der Waals surface area contributed by atoms with Gasteiger partial charge >= 0.3 is 0 Å². The molecule has 3 aromatic carbocycles. The second-order valence-corrected chi connectivity index (χ2v) is 8.29. The number of halogens is 2. The highest BCUT2D eigenvalue weighted by Gasteiger charge is 2.23. The first-order valence-electron chi connectivity index (χ1n) is 11.7. The molecule has 0 spiro atoms. The molecular formula is C27H30F2N4O4. The van der Waals surface area contributed by atoms with Crippen molar-refractivity contribution in [3.05, 3.63) is 71.5 Å². The van der Waals surface area contributed by atoms with E-state index in [1.807, 2.05) is 6.07 Å². The van der Waals surface area contributed by atoms with Gasteiger partial charge in [-0.25, -0.2) is 8.78 Å². The number of carbonyl (C=O) groups excluding carboxylic acids is 2. The van der Waals surface area contributed by atoms with Gasteiger partial charge in [0, 0.05) is 18.5 Å². The first-order valence-corrected chi connectivity index (χ1v) is 11.7. The Balaban J connectivity index is 1.78. The molecule has 1 atom stereocenters. The molecule has 1 unspecified atom stereocenters. The molecular weight excluding hydrogens is 482 g/mol. The number of nitrogens with one attached hydrogen (secondary N) is 4. The normalized spacial score (nSPS) is 11.5. The lowest BCUT2D eigenvalue weighted by molar-refractivity contribution is -0.123. The third-order valence-electron chi connectivity index (χ3n) is 5.74. The lowest BCUT2D eigenvalue weighted by Crippen LogP contribution is -2.47. The lowest BCUT2D eigenvalue weighted by Gasteiger charge is -2.20. The summed E-state index contributed by atoms with van der Waals surface area (Å²) in [4.78, 5) is 26.3. The van der Waals surface area contributed by atoms with Crippen molar-refractivity contribution in [2.24, 2.45) is 0 Å². The molecule has 8 nitrogen and oxygen atoms in total. The monoisotopic (exact) mass is 512 g/mol. The Bertz CT molecular complexity index is 1270. The van der Waals surface area contributed by atoms with Crippen LogP contribution in [-0.2, 0) is 11.3 Å². The van der Waals surface area contributed by atoms with E-state index in [0.29, 0.717) is 23.5 Å². The number of hydrogen-bond donors (Lipinski definition) is 4. The van der Waals surface area contributed by atoms with Crippen molar-refractivity contribution in [2.75, 3.05) is 27.4 Å². The Morgan fingerprint density at radius 1 is 1.00 bits per heavy atom. The maximum Gasteiger partial charge on any atom is 0.255 e. The summed E-state index contributed by atoms with van der Waals surface area (Å²) in [5, 5.41) is 17.0. The molecule has 37 heavy (non-hydrogen) atoms. The summed E-state index contributed by atoms with van der Waals surface area (Å²) in [6.07, 6.45) is 0.601. The van der Waals surface area contributed by atoms with Gasteiger partial charge in [-0.15, -0.1) is 0 Å². The number of carbonyl (C=O) groups is 2. The number of alkyl halides is 1. The fraction of sp³-hybridized carbons (Fsp3) is 0.296. The van der Waals surface area contributed by atoms with Gasteiger partial charge in [0.15, 0.2) is 0 Å². The molecule has 4 N–H and O–H groups in total. The second kappa shape index (κ2) is 13.2. The van der Waals surface area contributed by atoms with E-state index in [-0.39, 0.29) is 30.9 Å². The molecule has 0 aliphatic rings. The maximum atomic E-state index is 13.5. The number of methoxy groups -OCH3 is 2. The van der Waals surface area contributed by atoms with E-state index in [9.17, 15) is 18.4 Å². The van der Waals surface area contributed by atoms with E-state index in [4.69, 9.17) is 14.9 Å². The molecule has 3 rings (SSSR count). The van der Waals surface area contributed by atoms with Crippen molar-refractivity contribution < 1.29 is 27.8 Å². The summed E-state index contributed by atoms with van der Waals surface area (Å²) in [6, 6.07) is 13.7. The first-order chi connectivity index (χ1) is 17.9. The van der Waals surface area contributed by atoms with Crippen LogP contribution in [-0.4, -0.2) is 51.1 Å². The number of hydrogen-bond acceptors (Lipinski definition) is 5. The molecule has 0 aliphatic heterocycles. The molecule has 0 heterocycles. The third kappa shape index (κ3) is 7.39. The van der Waals surface area contributed by atoms with Crippen molar-refractivity contribution in [2.45, 2.75) is 25.4 Å². The van der Waals surface area contributed by atoms with Crippen LogP contribution in [0.2, 0.25) is 0 Å². The molecule has 0 aliphatic carbocycles. The quantitative estimate of drug-likeness (QED) is 0.168. The highest BCUT2D eigenvalue weighted by molar-refractivity contribution is 6.04. The summed E-state index contributed by atoms with van der Waals surface area (Å²) in [5.74, 6) is -0.711. The fourth-order valence-electron chi connectivity index (χ4n) is 3.86. The van der Waals surface area contributed by atoms with Gasteiger partial charge in [0.05, 0.1) is 19.8 Å². The van der Waals surface area contributed by atoms with Gasteiger partial charge in [-0.3, -0.25) is 15.0 Å². The largest absolute Gasteiger partial charge is 0.496 e. The second-order valence-electron chi connectivity index (χ2n) is 8.29. The van der Waals surface area contributed by atoms with E-state index in [2.05, 4.69) is 16.0 Å². The number of fused-ring (bicyclic) bond motifs is 1. The van der Waals surface area contributed by atoms with Gasteiger partial charge in [0.1, 0.15) is 35.9 Å². The van der Waals surface area contributed by atoms with E-state index in [1.54, 1.807) is 43.5 Å². The van der Waals surface area contributed by atoms with Crippen LogP contribution in [0, 0.1) is 11.2 Å². The van der Waals surface area contributed by atoms with Gasteiger partial charge < -0.3 is 25.4 Å². The molecule has 2 amide bonds. The summed E-state index contributed by atoms with van der Waals surface area (Å²) in [6.45, 7) is -0.584. The van der Waals surface area contributed by atoms with Gasteiger partial charge in [-0.2, -0.15) is 0 Å². The molecule has 0 saturated heterocycles. The molecule has 10 heteroatoms. The first kappa shape index (κ1) is 27.4. The molecule has 0 aromatic heterocycles. The van der Waals surface area contributed by atoms with Crippen molar-refractivity contribution in [1.82, 2.24) is 16.0 Å². The predicted molar refractivity (Wildman–Crippen MR) is 137 cm³/mol. The Morgan fingerprint density at radius 3 is 2.46 bits per heavy atom. The highest BCUT2D eigenvalue weighted by atomic mass is 19.1. The van der Waals surface area contributed by atoms with Crippen molar-refractivity contribution in [1.29, 1.82) is 5.41 Å². The zero-order valence-corrected chi connectivity index (χ0v) is 20.7. The van der Waals surface area contributed by atoms with E-state index < -0.39 is 30.3 Å². The van der Waals surface area contributed by atoms with Crippen LogP contribution in [0.25, 0.3) is 10.8 Å². The van der Waals surface area contributed by atoms with Gasteiger partial charge in [0.2, 0.25) is 5.91 Å². The zero-order valence-electron chi connectivity index (χ0n) is 20.7. The van der Waals surface area contributed by atoms with Crippen LogP contribution in [0.4, 0.5) is 8.78 Å². The Kier molecular flexibility index (Phi) is 9.76. The molecule has 0 bridgehead atoms. The smallest absolute Gasteiger partial charge is 0.255 e. The van der Waals surface area contributed by atoms with Crippen molar-refractivity contribution >= 4 is 28.4 Å². The minimum absolute atomic E-state index is 0.0762. The average molecular weight is 513 g/mol. The molecule has 0 saturated carbocycles. The standard InChI is InChI=1S/C27H30F2N4O4/c1-36-23-10-4-7-18-13-21(24(37-2)14-20(18)23)26(34)33-22(9-5-11-31-25(30)15-28)27(35)32-16-17-6-3-8-19(29)12-17/h3-4,6-8,10,12-14,22H,5,9,11,15-16H2,1-2H3,(H2,30,31)(H,32,35)(H,33,34). The van der Waals surface area contributed by atoms with Crippen LogP contribution in [0.1, 0.15) is 28.8 Å². The number of benzene rings is 3. The fourth-order valence-corrected chi connectivity index (χ4v) is 3.86. The Morgan fingerprint density at radius 2 is 1.76 bits per heavy atom. The van der Waals surface area contributed by atoms with E-state index in [1.165, 1.54) is 19.2 Å². The van der Waals surface area contributed by atoms with Crippen molar-refractivity contribution in [3.63, 3.8) is 0 Å². The maximum absolute atomic E-state index is 13.5. The molecule has 3 aromatic rings. The van der Waals surface area contributed by atoms with E-state index >= 15 is 0 Å². The number of amidine groups is 1. The van der Waals surface area contributed by atoms with Crippen LogP contribution >= 0.6 is 0 Å². The lowest BCUT2D eigenvalue weighted by atomic mass is 10.0. The SMILES string of the molecule is COc1cc2c(OC)cccc2cc1C(=O)NC(CCCNC(=N)CF)C(=O)NCc1cccc(F)c1. The van der Waals surface area contributed by atoms with E-state index in [0.717, 1.165) is 10.8 Å². The summed E-state index contributed by atoms with van der Waals surface area (Å²) in [5.41, 5.74) is 0.810. The summed E-state index contributed by atoms with van der Waals surface area (Å²) < 4.78 is 36.9. The average Bonchev–Trinajstić information content (AvgIpc) is 2.91. The topological polar surface area (TPSA) is 113 Å². The van der Waals surface area contributed by atoms with Crippen LogP contribution in [0.5, 0.6) is 11.5 Å². The van der Waals surface area contributed by atoms with Gasteiger partial charge in [-0.05, 0) is 54.1 Å². The number of rotatable bonds is 12. The Labute approximate surface area is 213 Å². The van der Waals surface area contributed by atoms with Crippen LogP contribution in [0.15, 0.2) is 54.6 Å². The van der Waals surface area contributed by atoms with Gasteiger partial charge in [-0.1, -0.05) is 24.3 Å². The summed E-state index contributed by atoms with van der Waals surface area (Å²) in [7, 11) is 3.00.